The average molecular weight is 411 g/mol. The van der Waals surface area contributed by atoms with Crippen LogP contribution in [0.1, 0.15) is 40.5 Å². The minimum Gasteiger partial charge on any atom is -0.364 e. The second-order valence-electron chi connectivity index (χ2n) is 7.04. The number of fused-ring (bicyclic) bond motifs is 1. The fourth-order valence-corrected chi connectivity index (χ4v) is 3.90. The van der Waals surface area contributed by atoms with Crippen molar-refractivity contribution in [1.82, 2.24) is 15.5 Å². The lowest BCUT2D eigenvalue weighted by Crippen LogP contribution is -2.54. The van der Waals surface area contributed by atoms with Crippen molar-refractivity contribution in [3.63, 3.8) is 0 Å². The Kier molecular flexibility index (Phi) is 5.40. The van der Waals surface area contributed by atoms with Gasteiger partial charge in [-0.3, -0.25) is 29.4 Å². The maximum absolute atomic E-state index is 14.7. The van der Waals surface area contributed by atoms with Gasteiger partial charge in [0.15, 0.2) is 0 Å². The van der Waals surface area contributed by atoms with Crippen LogP contribution in [0.2, 0.25) is 0 Å². The van der Waals surface area contributed by atoms with Gasteiger partial charge in [-0.15, -0.1) is 12.4 Å². The van der Waals surface area contributed by atoms with Gasteiger partial charge in [0.2, 0.25) is 11.8 Å². The van der Waals surface area contributed by atoms with Gasteiger partial charge in [0.25, 0.3) is 11.8 Å². The fourth-order valence-electron chi connectivity index (χ4n) is 3.90. The van der Waals surface area contributed by atoms with Crippen LogP contribution in [0.4, 0.5) is 10.1 Å². The summed E-state index contributed by atoms with van der Waals surface area (Å²) >= 11 is 0. The van der Waals surface area contributed by atoms with Crippen molar-refractivity contribution in [2.24, 2.45) is 0 Å². The van der Waals surface area contributed by atoms with Crippen LogP contribution in [0.25, 0.3) is 0 Å². The first-order chi connectivity index (χ1) is 12.9. The highest BCUT2D eigenvalue weighted by Crippen LogP contribution is 2.33. The highest BCUT2D eigenvalue weighted by molar-refractivity contribution is 6.23. The van der Waals surface area contributed by atoms with E-state index < -0.39 is 35.5 Å². The summed E-state index contributed by atoms with van der Waals surface area (Å²) in [4.78, 5) is 51.7. The zero-order valence-corrected chi connectivity index (χ0v) is 16.0. The monoisotopic (exact) mass is 410 g/mol. The fraction of sp³-hybridized carbons (Fsp3) is 0.444. The van der Waals surface area contributed by atoms with E-state index in [0.29, 0.717) is 19.6 Å². The maximum Gasteiger partial charge on any atom is 0.262 e. The van der Waals surface area contributed by atoms with Crippen LogP contribution in [-0.4, -0.2) is 60.2 Å². The maximum atomic E-state index is 14.7. The van der Waals surface area contributed by atoms with E-state index >= 15 is 0 Å². The minimum atomic E-state index is -1.06. The van der Waals surface area contributed by atoms with Crippen molar-refractivity contribution in [1.29, 1.82) is 0 Å². The quantitative estimate of drug-likeness (QED) is 0.687. The molecule has 28 heavy (non-hydrogen) atoms. The van der Waals surface area contributed by atoms with Gasteiger partial charge in [-0.25, -0.2) is 4.39 Å². The van der Waals surface area contributed by atoms with Crippen LogP contribution in [0.15, 0.2) is 12.1 Å². The molecule has 0 aromatic heterocycles. The predicted molar refractivity (Wildman–Crippen MR) is 100.0 cm³/mol. The number of piperazine rings is 1. The molecule has 4 amide bonds. The molecule has 2 atom stereocenters. The Bertz CT molecular complexity index is 877. The van der Waals surface area contributed by atoms with Gasteiger partial charge in [-0.1, -0.05) is 0 Å². The molecule has 10 heteroatoms. The summed E-state index contributed by atoms with van der Waals surface area (Å²) in [6.07, 6.45) is 0.113. The van der Waals surface area contributed by atoms with E-state index in [1.165, 1.54) is 6.07 Å². The number of amides is 4. The minimum absolute atomic E-state index is 0. The van der Waals surface area contributed by atoms with E-state index in [4.69, 9.17) is 0 Å². The van der Waals surface area contributed by atoms with Crippen LogP contribution in [0.3, 0.4) is 0 Å². The summed E-state index contributed by atoms with van der Waals surface area (Å²) in [5, 5.41) is 5.36. The van der Waals surface area contributed by atoms with E-state index in [0.717, 1.165) is 11.0 Å². The van der Waals surface area contributed by atoms with Crippen LogP contribution < -0.4 is 15.5 Å². The third kappa shape index (κ3) is 3.14. The summed E-state index contributed by atoms with van der Waals surface area (Å²) < 4.78 is 14.7. The van der Waals surface area contributed by atoms with Gasteiger partial charge in [-0.05, 0) is 25.5 Å². The number of nitrogens with one attached hydrogen (secondary N) is 2. The van der Waals surface area contributed by atoms with E-state index in [1.807, 2.05) is 11.8 Å². The van der Waals surface area contributed by atoms with Crippen molar-refractivity contribution >= 4 is 41.7 Å². The lowest BCUT2D eigenvalue weighted by molar-refractivity contribution is -0.136. The van der Waals surface area contributed by atoms with Crippen LogP contribution in [-0.2, 0) is 9.59 Å². The molecule has 3 aliphatic heterocycles. The van der Waals surface area contributed by atoms with Gasteiger partial charge in [0.1, 0.15) is 11.9 Å². The molecule has 0 aliphatic carbocycles. The first-order valence-corrected chi connectivity index (χ1v) is 8.91. The first-order valence-electron chi connectivity index (χ1n) is 8.91. The normalized spacial score (nSPS) is 24.8. The highest BCUT2D eigenvalue weighted by atomic mass is 35.5. The zero-order valence-electron chi connectivity index (χ0n) is 15.2. The Morgan fingerprint density at radius 2 is 1.79 bits per heavy atom. The summed E-state index contributed by atoms with van der Waals surface area (Å²) in [7, 11) is 0. The van der Waals surface area contributed by atoms with Crippen molar-refractivity contribution < 1.29 is 23.6 Å². The summed E-state index contributed by atoms with van der Waals surface area (Å²) in [6.45, 7) is 3.90. The molecule has 1 unspecified atom stereocenters. The van der Waals surface area contributed by atoms with Crippen molar-refractivity contribution in [3.05, 3.63) is 29.1 Å². The van der Waals surface area contributed by atoms with E-state index in [1.54, 1.807) is 0 Å². The van der Waals surface area contributed by atoms with Crippen molar-refractivity contribution in [2.45, 2.75) is 31.8 Å². The number of carbonyl (C=O) groups is 4. The number of piperidine rings is 1. The number of hydrogen-bond acceptors (Lipinski definition) is 6. The Hall–Kier alpha value is -2.52. The van der Waals surface area contributed by atoms with Gasteiger partial charge in [-0.2, -0.15) is 0 Å². The SMILES string of the molecule is C[C@@H]1CNCCN1c1cc2c(cc1F)C(=O)N(C1CCC(=O)NC1=O)C2=O.Cl. The van der Waals surface area contributed by atoms with Gasteiger partial charge >= 0.3 is 0 Å². The molecule has 0 saturated carbocycles. The predicted octanol–water partition coefficient (Wildman–Crippen LogP) is 0.447. The molecular formula is C18H20ClFN4O4. The largest absolute Gasteiger partial charge is 0.364 e. The van der Waals surface area contributed by atoms with Gasteiger partial charge in [0.05, 0.1) is 16.8 Å². The second-order valence-corrected chi connectivity index (χ2v) is 7.04. The third-order valence-corrected chi connectivity index (χ3v) is 5.32. The molecule has 0 spiro atoms. The molecule has 4 rings (SSSR count). The standard InChI is InChI=1S/C18H19FN4O4.ClH/c1-9-8-20-4-5-22(9)14-7-11-10(6-12(14)19)17(26)23(18(11)27)13-2-3-15(24)21-16(13)25;/h6-7,9,13,20H,2-5,8H2,1H3,(H,21,24,25);1H/t9-,13?;/m1./s1. The van der Waals surface area contributed by atoms with Crippen LogP contribution in [0.5, 0.6) is 0 Å². The smallest absolute Gasteiger partial charge is 0.262 e. The van der Waals surface area contributed by atoms with E-state index in [2.05, 4.69) is 10.6 Å². The number of carbonyl (C=O) groups excluding carboxylic acids is 4. The highest BCUT2D eigenvalue weighted by Gasteiger charge is 2.45. The average Bonchev–Trinajstić information content (AvgIpc) is 2.86. The number of imide groups is 2. The van der Waals surface area contributed by atoms with Crippen LogP contribution >= 0.6 is 12.4 Å². The Morgan fingerprint density at radius 1 is 1.11 bits per heavy atom. The molecule has 3 heterocycles. The lowest BCUT2D eigenvalue weighted by Gasteiger charge is -2.36. The van der Waals surface area contributed by atoms with E-state index in [9.17, 15) is 23.6 Å². The summed E-state index contributed by atoms with van der Waals surface area (Å²) in [6, 6.07) is 1.45. The molecule has 1 aromatic rings. The molecule has 1 aromatic carbocycles. The molecule has 8 nitrogen and oxygen atoms in total. The number of halogens is 2. The number of anilines is 1. The van der Waals surface area contributed by atoms with Crippen LogP contribution in [0, 0.1) is 5.82 Å². The number of hydrogen-bond donors (Lipinski definition) is 2. The van der Waals surface area contributed by atoms with E-state index in [-0.39, 0.29) is 48.1 Å². The molecule has 150 valence electrons. The zero-order chi connectivity index (χ0) is 19.3. The molecule has 2 fully saturated rings. The molecule has 0 bridgehead atoms. The molecule has 2 saturated heterocycles. The second kappa shape index (κ2) is 7.48. The first kappa shape index (κ1) is 20.2. The Morgan fingerprint density at radius 3 is 2.43 bits per heavy atom. The topological polar surface area (TPSA) is 98.8 Å². The molecular weight excluding hydrogens is 391 g/mol. The van der Waals surface area contributed by atoms with Crippen molar-refractivity contribution in [3.8, 4) is 0 Å². The Labute approximate surface area is 166 Å². The number of nitrogens with zero attached hydrogens (tertiary/aromatic N) is 2. The Balaban J connectivity index is 0.00000225. The summed E-state index contributed by atoms with van der Waals surface area (Å²) in [5.74, 6) is -3.03. The molecule has 0 radical (unpaired) electrons. The number of benzene rings is 1. The molecule has 2 N–H and O–H groups in total. The van der Waals surface area contributed by atoms with Gasteiger partial charge in [0, 0.05) is 32.1 Å². The number of rotatable bonds is 2. The van der Waals surface area contributed by atoms with Gasteiger partial charge < -0.3 is 10.2 Å². The van der Waals surface area contributed by atoms with Crippen molar-refractivity contribution in [2.75, 3.05) is 24.5 Å². The lowest BCUT2D eigenvalue weighted by atomic mass is 10.0. The molecule has 3 aliphatic rings. The summed E-state index contributed by atoms with van der Waals surface area (Å²) in [5.41, 5.74) is 0.314. The third-order valence-electron chi connectivity index (χ3n) is 5.32.